The van der Waals surface area contributed by atoms with Crippen LogP contribution >= 0.6 is 34.5 Å². The van der Waals surface area contributed by atoms with Crippen molar-refractivity contribution in [2.75, 3.05) is 30.4 Å². The van der Waals surface area contributed by atoms with Gasteiger partial charge in [-0.05, 0) is 55.7 Å². The van der Waals surface area contributed by atoms with Gasteiger partial charge in [-0.2, -0.15) is 0 Å². The SMILES string of the molecule is COc1cc2c(Nc3ccc(Cl)c(Cl)c3)ncnc2cc1OCc1nc(-c2ccc(N3CCCCC3)cc2)cs1. The van der Waals surface area contributed by atoms with Crippen LogP contribution in [0.4, 0.5) is 17.2 Å². The highest BCUT2D eigenvalue weighted by atomic mass is 35.5. The fourth-order valence-electron chi connectivity index (χ4n) is 4.79. The van der Waals surface area contributed by atoms with Crippen molar-refractivity contribution in [2.24, 2.45) is 0 Å². The summed E-state index contributed by atoms with van der Waals surface area (Å²) in [6.45, 7) is 2.59. The van der Waals surface area contributed by atoms with Crippen LogP contribution in [-0.2, 0) is 6.61 Å². The molecule has 7 nitrogen and oxygen atoms in total. The molecule has 204 valence electrons. The normalized spacial score (nSPS) is 13.4. The van der Waals surface area contributed by atoms with E-state index in [1.165, 1.54) is 31.3 Å². The molecule has 0 atom stereocenters. The third kappa shape index (κ3) is 5.80. The summed E-state index contributed by atoms with van der Waals surface area (Å²) in [4.78, 5) is 16.1. The van der Waals surface area contributed by atoms with Crippen LogP contribution in [0.15, 0.2) is 66.3 Å². The maximum absolute atomic E-state index is 6.18. The van der Waals surface area contributed by atoms with Crippen LogP contribution < -0.4 is 19.7 Å². The quantitative estimate of drug-likeness (QED) is 0.194. The molecule has 0 aliphatic carbocycles. The lowest BCUT2D eigenvalue weighted by molar-refractivity contribution is 0.284. The molecular formula is C30H27Cl2N5O2S. The zero-order chi connectivity index (χ0) is 27.5. The molecule has 40 heavy (non-hydrogen) atoms. The highest BCUT2D eigenvalue weighted by Crippen LogP contribution is 2.36. The number of methoxy groups -OCH3 is 1. The van der Waals surface area contributed by atoms with E-state index in [4.69, 9.17) is 37.7 Å². The Bertz CT molecular complexity index is 1640. The fourth-order valence-corrected chi connectivity index (χ4v) is 5.80. The molecule has 1 aliphatic heterocycles. The molecule has 1 fully saturated rings. The zero-order valence-corrected chi connectivity index (χ0v) is 24.2. The van der Waals surface area contributed by atoms with E-state index in [9.17, 15) is 0 Å². The summed E-state index contributed by atoms with van der Waals surface area (Å²) in [6, 6.07) is 17.7. The molecule has 10 heteroatoms. The fraction of sp³-hybridized carbons (Fsp3) is 0.233. The monoisotopic (exact) mass is 591 g/mol. The summed E-state index contributed by atoms with van der Waals surface area (Å²) in [5.74, 6) is 1.77. The predicted molar refractivity (Wildman–Crippen MR) is 164 cm³/mol. The number of fused-ring (bicyclic) bond motifs is 1. The van der Waals surface area contributed by atoms with Gasteiger partial charge in [-0.1, -0.05) is 35.3 Å². The summed E-state index contributed by atoms with van der Waals surface area (Å²) >= 11 is 13.8. The third-order valence-corrected chi connectivity index (χ3v) is 8.45. The van der Waals surface area contributed by atoms with Crippen LogP contribution in [0.5, 0.6) is 11.5 Å². The van der Waals surface area contributed by atoms with Gasteiger partial charge in [0.05, 0.1) is 28.4 Å². The summed E-state index contributed by atoms with van der Waals surface area (Å²) in [5.41, 5.74) is 4.80. The number of nitrogens with one attached hydrogen (secondary N) is 1. The number of hydrogen-bond acceptors (Lipinski definition) is 8. The Hall–Kier alpha value is -3.59. The number of anilines is 3. The minimum atomic E-state index is 0.317. The lowest BCUT2D eigenvalue weighted by atomic mass is 10.1. The Morgan fingerprint density at radius 3 is 2.52 bits per heavy atom. The van der Waals surface area contributed by atoms with Gasteiger partial charge in [-0.15, -0.1) is 11.3 Å². The van der Waals surface area contributed by atoms with Crippen LogP contribution in [0.2, 0.25) is 10.0 Å². The predicted octanol–water partition coefficient (Wildman–Crippen LogP) is 8.38. The maximum atomic E-state index is 6.18. The Labute approximate surface area is 246 Å². The average molecular weight is 593 g/mol. The van der Waals surface area contributed by atoms with Crippen LogP contribution in [-0.4, -0.2) is 35.2 Å². The van der Waals surface area contributed by atoms with E-state index < -0.39 is 0 Å². The molecule has 3 heterocycles. The van der Waals surface area contributed by atoms with Gasteiger partial charge in [-0.3, -0.25) is 0 Å². The van der Waals surface area contributed by atoms with Crippen molar-refractivity contribution in [1.29, 1.82) is 0 Å². The summed E-state index contributed by atoms with van der Waals surface area (Å²) in [5, 5.41) is 7.95. The molecule has 1 aliphatic rings. The Balaban J connectivity index is 1.17. The Morgan fingerprint density at radius 2 is 1.75 bits per heavy atom. The van der Waals surface area contributed by atoms with E-state index in [-0.39, 0.29) is 0 Å². The number of piperidine rings is 1. The molecular weight excluding hydrogens is 565 g/mol. The van der Waals surface area contributed by atoms with E-state index in [0.29, 0.717) is 39.5 Å². The van der Waals surface area contributed by atoms with Crippen molar-refractivity contribution < 1.29 is 9.47 Å². The molecule has 2 aromatic heterocycles. The minimum Gasteiger partial charge on any atom is -0.493 e. The van der Waals surface area contributed by atoms with Crippen LogP contribution in [0.1, 0.15) is 24.3 Å². The first-order valence-corrected chi connectivity index (χ1v) is 14.7. The number of rotatable bonds is 8. The largest absolute Gasteiger partial charge is 0.493 e. The minimum absolute atomic E-state index is 0.317. The number of nitrogens with zero attached hydrogens (tertiary/aromatic N) is 4. The zero-order valence-electron chi connectivity index (χ0n) is 21.9. The summed E-state index contributed by atoms with van der Waals surface area (Å²) in [7, 11) is 1.61. The second kappa shape index (κ2) is 11.9. The molecule has 5 aromatic rings. The van der Waals surface area contributed by atoms with Gasteiger partial charge in [0.15, 0.2) is 11.5 Å². The van der Waals surface area contributed by atoms with Crippen molar-refractivity contribution >= 4 is 62.6 Å². The van der Waals surface area contributed by atoms with E-state index in [0.717, 1.165) is 40.4 Å². The molecule has 0 spiro atoms. The van der Waals surface area contributed by atoms with E-state index in [2.05, 4.69) is 49.8 Å². The molecule has 0 amide bonds. The molecule has 0 saturated carbocycles. The van der Waals surface area contributed by atoms with Crippen molar-refractivity contribution in [3.8, 4) is 22.8 Å². The number of aromatic nitrogens is 3. The highest BCUT2D eigenvalue weighted by molar-refractivity contribution is 7.09. The lowest BCUT2D eigenvalue weighted by Gasteiger charge is -2.28. The van der Waals surface area contributed by atoms with Gasteiger partial charge in [-0.25, -0.2) is 15.0 Å². The van der Waals surface area contributed by atoms with Crippen molar-refractivity contribution in [2.45, 2.75) is 25.9 Å². The van der Waals surface area contributed by atoms with Crippen molar-refractivity contribution in [1.82, 2.24) is 15.0 Å². The van der Waals surface area contributed by atoms with Crippen LogP contribution in [0, 0.1) is 0 Å². The smallest absolute Gasteiger partial charge is 0.163 e. The van der Waals surface area contributed by atoms with E-state index >= 15 is 0 Å². The molecule has 6 rings (SSSR count). The van der Waals surface area contributed by atoms with E-state index in [1.807, 2.05) is 18.2 Å². The van der Waals surface area contributed by atoms with Crippen LogP contribution in [0.25, 0.3) is 22.2 Å². The standard InChI is InChI=1S/C30H27Cl2N5O2S/c1-38-27-14-22-25(33-18-34-30(22)35-20-7-10-23(31)24(32)13-20)15-28(27)39-16-29-36-26(17-40-29)19-5-8-21(9-6-19)37-11-3-2-4-12-37/h5-10,13-15,17-18H,2-4,11-12,16H2,1H3,(H,33,34,35). The first kappa shape index (κ1) is 26.6. The average Bonchev–Trinajstić information content (AvgIpc) is 3.47. The second-order valence-corrected chi connectivity index (χ2v) is 11.3. The number of halogens is 2. The van der Waals surface area contributed by atoms with Crippen molar-refractivity contribution in [3.05, 3.63) is 81.4 Å². The maximum Gasteiger partial charge on any atom is 0.163 e. The number of thiazole rings is 1. The Kier molecular flexibility index (Phi) is 7.91. The third-order valence-electron chi connectivity index (χ3n) is 6.89. The second-order valence-electron chi connectivity index (χ2n) is 9.51. The van der Waals surface area contributed by atoms with Gasteiger partial charge < -0.3 is 19.7 Å². The number of benzene rings is 3. The molecule has 0 unspecified atom stereocenters. The number of ether oxygens (including phenoxy) is 2. The number of hydrogen-bond donors (Lipinski definition) is 1. The van der Waals surface area contributed by atoms with Gasteiger partial charge in [0.2, 0.25) is 0 Å². The Morgan fingerprint density at radius 1 is 0.925 bits per heavy atom. The van der Waals surface area contributed by atoms with Gasteiger partial charge in [0, 0.05) is 46.9 Å². The summed E-state index contributed by atoms with van der Waals surface area (Å²) in [6.07, 6.45) is 5.36. The highest BCUT2D eigenvalue weighted by Gasteiger charge is 2.15. The summed E-state index contributed by atoms with van der Waals surface area (Å²) < 4.78 is 11.8. The van der Waals surface area contributed by atoms with Crippen LogP contribution in [0.3, 0.4) is 0 Å². The van der Waals surface area contributed by atoms with Gasteiger partial charge >= 0.3 is 0 Å². The molecule has 1 N–H and O–H groups in total. The lowest BCUT2D eigenvalue weighted by Crippen LogP contribution is -2.29. The molecule has 0 bridgehead atoms. The van der Waals surface area contributed by atoms with Gasteiger partial charge in [0.1, 0.15) is 23.8 Å². The van der Waals surface area contributed by atoms with Crippen molar-refractivity contribution in [3.63, 3.8) is 0 Å². The van der Waals surface area contributed by atoms with E-state index in [1.54, 1.807) is 30.6 Å². The van der Waals surface area contributed by atoms with Gasteiger partial charge in [0.25, 0.3) is 0 Å². The molecule has 1 saturated heterocycles. The topological polar surface area (TPSA) is 72.4 Å². The molecule has 3 aromatic carbocycles. The first-order valence-electron chi connectivity index (χ1n) is 13.0. The first-order chi connectivity index (χ1) is 19.6. The molecule has 0 radical (unpaired) electrons.